The first kappa shape index (κ1) is 23.5. The Kier molecular flexibility index (Phi) is 6.34. The van der Waals surface area contributed by atoms with Crippen molar-refractivity contribution in [1.82, 2.24) is 9.80 Å². The second-order valence-electron chi connectivity index (χ2n) is 9.43. The summed E-state index contributed by atoms with van der Waals surface area (Å²) in [7, 11) is 1.41. The van der Waals surface area contributed by atoms with Gasteiger partial charge in [-0.05, 0) is 43.0 Å². The van der Waals surface area contributed by atoms with Crippen molar-refractivity contribution in [2.24, 2.45) is 0 Å². The summed E-state index contributed by atoms with van der Waals surface area (Å²) in [5, 5.41) is 9.12. The Labute approximate surface area is 203 Å². The van der Waals surface area contributed by atoms with Crippen molar-refractivity contribution >= 4 is 11.9 Å². The zero-order valence-electron chi connectivity index (χ0n) is 19.9. The molecule has 5 rings (SSSR count). The van der Waals surface area contributed by atoms with E-state index in [4.69, 9.17) is 19.5 Å². The smallest absolute Gasteiger partial charge is 0.334 e. The van der Waals surface area contributed by atoms with Gasteiger partial charge in [0.25, 0.3) is 0 Å². The van der Waals surface area contributed by atoms with Crippen LogP contribution >= 0.6 is 0 Å². The van der Waals surface area contributed by atoms with Crippen LogP contribution in [0.1, 0.15) is 30.9 Å². The molecule has 0 saturated carbocycles. The minimum atomic E-state index is -0.582. The molecular weight excluding hydrogens is 453 g/mol. The van der Waals surface area contributed by atoms with Crippen LogP contribution in [0.25, 0.3) is 0 Å². The van der Waals surface area contributed by atoms with Crippen LogP contribution in [0.2, 0.25) is 0 Å². The lowest BCUT2D eigenvalue weighted by Gasteiger charge is -2.47. The van der Waals surface area contributed by atoms with Gasteiger partial charge >= 0.3 is 5.97 Å². The summed E-state index contributed by atoms with van der Waals surface area (Å²) in [5.74, 6) is -0.671. The molecule has 0 aromatic heterocycles. The molecule has 2 atom stereocenters. The average molecular weight is 482 g/mol. The van der Waals surface area contributed by atoms with E-state index in [2.05, 4.69) is 11.8 Å². The molecule has 9 heteroatoms. The minimum absolute atomic E-state index is 0.0292. The standard InChI is InChI=1S/C26H28FN3O5/c1-15-19(3-4-20-21(15)14-35-26(20)32)24-12-29-5-6-30(11-18(29)13-34-24)25(31)9-16-8-23(33-2)17(10-28)7-22(16)27/h7-8,18,24H,3-6,9,11-14H2,1-2H3/t18-,24+/m0/s1. The topological polar surface area (TPSA) is 92.1 Å². The molecule has 0 bridgehead atoms. The third-order valence-corrected chi connectivity index (χ3v) is 7.60. The number of carbonyl (C=O) groups is 2. The van der Waals surface area contributed by atoms with E-state index in [-0.39, 0.29) is 47.3 Å². The highest BCUT2D eigenvalue weighted by molar-refractivity contribution is 5.93. The maximum Gasteiger partial charge on any atom is 0.334 e. The number of halogens is 1. The van der Waals surface area contributed by atoms with Crippen molar-refractivity contribution in [3.8, 4) is 11.8 Å². The predicted octanol–water partition coefficient (Wildman–Crippen LogP) is 2.12. The van der Waals surface area contributed by atoms with Gasteiger partial charge in [-0.3, -0.25) is 9.69 Å². The van der Waals surface area contributed by atoms with Crippen LogP contribution in [-0.4, -0.2) is 80.3 Å². The molecule has 8 nitrogen and oxygen atoms in total. The Balaban J connectivity index is 1.22. The van der Waals surface area contributed by atoms with E-state index in [1.54, 1.807) is 4.90 Å². The highest BCUT2D eigenvalue weighted by Crippen LogP contribution is 2.38. The van der Waals surface area contributed by atoms with Gasteiger partial charge in [0.2, 0.25) is 5.91 Å². The van der Waals surface area contributed by atoms with Gasteiger partial charge in [-0.15, -0.1) is 0 Å². The van der Waals surface area contributed by atoms with Crippen LogP contribution in [0.4, 0.5) is 4.39 Å². The molecule has 4 aliphatic rings. The van der Waals surface area contributed by atoms with Crippen LogP contribution in [-0.2, 0) is 25.5 Å². The number of amides is 1. The Morgan fingerprint density at radius 3 is 2.86 bits per heavy atom. The monoisotopic (exact) mass is 481 g/mol. The van der Waals surface area contributed by atoms with Gasteiger partial charge in [-0.2, -0.15) is 5.26 Å². The first-order valence-electron chi connectivity index (χ1n) is 11.9. The number of carbonyl (C=O) groups excluding carboxylic acids is 2. The lowest BCUT2D eigenvalue weighted by Crippen LogP contribution is -2.61. The molecule has 0 radical (unpaired) electrons. The molecule has 1 aromatic carbocycles. The Morgan fingerprint density at radius 1 is 1.26 bits per heavy atom. The predicted molar refractivity (Wildman–Crippen MR) is 123 cm³/mol. The molecular formula is C26H28FN3O5. The number of cyclic esters (lactones) is 1. The highest BCUT2D eigenvalue weighted by Gasteiger charge is 2.39. The molecule has 3 heterocycles. The SMILES string of the molecule is COc1cc(CC(=O)N2CCN3C[C@H](C4=C(C)C5=C(CC4)C(=O)OC5)OC[C@@H]3C2)c(F)cc1C#N. The summed E-state index contributed by atoms with van der Waals surface area (Å²) in [6.45, 7) is 5.46. The third kappa shape index (κ3) is 4.32. The van der Waals surface area contributed by atoms with E-state index in [0.29, 0.717) is 32.7 Å². The maximum atomic E-state index is 14.5. The number of fused-ring (bicyclic) bond motifs is 1. The van der Waals surface area contributed by atoms with Crippen molar-refractivity contribution in [3.05, 3.63) is 51.4 Å². The first-order chi connectivity index (χ1) is 16.9. The fraction of sp³-hybridized carbons (Fsp3) is 0.500. The van der Waals surface area contributed by atoms with E-state index >= 15 is 0 Å². The molecule has 2 saturated heterocycles. The van der Waals surface area contributed by atoms with Crippen LogP contribution < -0.4 is 4.74 Å². The number of hydrogen-bond acceptors (Lipinski definition) is 7. The maximum absolute atomic E-state index is 14.5. The fourth-order valence-electron chi connectivity index (χ4n) is 5.55. The summed E-state index contributed by atoms with van der Waals surface area (Å²) in [4.78, 5) is 29.0. The lowest BCUT2D eigenvalue weighted by molar-refractivity contribution is -0.138. The molecule has 3 aliphatic heterocycles. The van der Waals surface area contributed by atoms with E-state index < -0.39 is 5.82 Å². The van der Waals surface area contributed by atoms with Crippen molar-refractivity contribution in [1.29, 1.82) is 5.26 Å². The molecule has 1 aliphatic carbocycles. The summed E-state index contributed by atoms with van der Waals surface area (Å²) in [6, 6.07) is 4.53. The number of nitriles is 1. The number of nitrogens with zero attached hydrogens (tertiary/aromatic N) is 3. The minimum Gasteiger partial charge on any atom is -0.495 e. The molecule has 1 aromatic rings. The van der Waals surface area contributed by atoms with Gasteiger partial charge < -0.3 is 19.1 Å². The largest absolute Gasteiger partial charge is 0.495 e. The number of methoxy groups -OCH3 is 1. The fourth-order valence-corrected chi connectivity index (χ4v) is 5.55. The zero-order valence-corrected chi connectivity index (χ0v) is 19.9. The van der Waals surface area contributed by atoms with Crippen LogP contribution in [0, 0.1) is 17.1 Å². The van der Waals surface area contributed by atoms with E-state index in [1.807, 2.05) is 6.07 Å². The number of morpholine rings is 1. The second-order valence-corrected chi connectivity index (χ2v) is 9.43. The van der Waals surface area contributed by atoms with Gasteiger partial charge in [0, 0.05) is 42.9 Å². The molecule has 35 heavy (non-hydrogen) atoms. The molecule has 0 unspecified atom stereocenters. The van der Waals surface area contributed by atoms with E-state index in [9.17, 15) is 14.0 Å². The number of hydrogen-bond donors (Lipinski definition) is 0. The summed E-state index contributed by atoms with van der Waals surface area (Å²) in [5.41, 5.74) is 4.51. The average Bonchev–Trinajstić information content (AvgIpc) is 3.26. The summed E-state index contributed by atoms with van der Waals surface area (Å²) < 4.78 is 31.1. The molecule has 184 valence electrons. The zero-order chi connectivity index (χ0) is 24.7. The van der Waals surface area contributed by atoms with Crippen LogP contribution in [0.5, 0.6) is 5.75 Å². The quantitative estimate of drug-likeness (QED) is 0.609. The molecule has 2 fully saturated rings. The van der Waals surface area contributed by atoms with Crippen molar-refractivity contribution in [3.63, 3.8) is 0 Å². The Morgan fingerprint density at radius 2 is 2.09 bits per heavy atom. The van der Waals surface area contributed by atoms with Crippen molar-refractivity contribution in [2.75, 3.05) is 46.5 Å². The van der Waals surface area contributed by atoms with E-state index in [0.717, 1.165) is 42.3 Å². The van der Waals surface area contributed by atoms with Gasteiger partial charge in [0.05, 0.1) is 37.8 Å². The van der Waals surface area contributed by atoms with Gasteiger partial charge in [-0.1, -0.05) is 0 Å². The summed E-state index contributed by atoms with van der Waals surface area (Å²) >= 11 is 0. The Bertz CT molecular complexity index is 1180. The Hall–Kier alpha value is -3.22. The van der Waals surface area contributed by atoms with Gasteiger partial charge in [0.15, 0.2) is 0 Å². The number of ether oxygens (including phenoxy) is 3. The van der Waals surface area contributed by atoms with Gasteiger partial charge in [0.1, 0.15) is 24.2 Å². The number of piperazine rings is 1. The highest BCUT2D eigenvalue weighted by atomic mass is 19.1. The lowest BCUT2D eigenvalue weighted by atomic mass is 9.84. The third-order valence-electron chi connectivity index (χ3n) is 7.60. The molecule has 0 N–H and O–H groups in total. The first-order valence-corrected chi connectivity index (χ1v) is 11.9. The van der Waals surface area contributed by atoms with Gasteiger partial charge in [-0.25, -0.2) is 9.18 Å². The van der Waals surface area contributed by atoms with Crippen molar-refractivity contribution in [2.45, 2.75) is 38.3 Å². The normalized spacial score (nSPS) is 24.6. The van der Waals surface area contributed by atoms with Crippen LogP contribution in [0.15, 0.2) is 34.4 Å². The van der Waals surface area contributed by atoms with E-state index in [1.165, 1.54) is 18.7 Å². The number of esters is 1. The molecule has 1 amide bonds. The number of rotatable bonds is 4. The second kappa shape index (κ2) is 9.44. The summed E-state index contributed by atoms with van der Waals surface area (Å²) in [6.07, 6.45) is 1.38. The number of benzene rings is 1. The molecule has 0 spiro atoms. The van der Waals surface area contributed by atoms with Crippen LogP contribution in [0.3, 0.4) is 0 Å². The van der Waals surface area contributed by atoms with Crippen molar-refractivity contribution < 1.29 is 28.2 Å².